The maximum Gasteiger partial charge on any atom is 0.272 e. The summed E-state index contributed by atoms with van der Waals surface area (Å²) in [6.07, 6.45) is 0. The van der Waals surface area contributed by atoms with E-state index in [4.69, 9.17) is 0 Å². The first-order valence-corrected chi connectivity index (χ1v) is 9.48. The van der Waals surface area contributed by atoms with E-state index in [-0.39, 0.29) is 5.91 Å². The standard InChI is InChI=1S/C22H24N4O/c1-17-6-5-7-18(14-17)16-25-10-12-26(13-11-25)22(27)21-15-20(23-24-21)19-8-3-2-4-9-19/h2-9,14-15H,10-13,16H2,1H3,(H,23,24)/p+1. The van der Waals surface area contributed by atoms with Gasteiger partial charge in [-0.1, -0.05) is 60.2 Å². The summed E-state index contributed by atoms with van der Waals surface area (Å²) >= 11 is 0. The van der Waals surface area contributed by atoms with Crippen LogP contribution in [0.1, 0.15) is 21.6 Å². The highest BCUT2D eigenvalue weighted by molar-refractivity contribution is 5.93. The maximum atomic E-state index is 12.8. The lowest BCUT2D eigenvalue weighted by Gasteiger charge is -2.32. The zero-order chi connectivity index (χ0) is 18.6. The van der Waals surface area contributed by atoms with Crippen molar-refractivity contribution in [3.63, 3.8) is 0 Å². The second kappa shape index (κ2) is 7.76. The summed E-state index contributed by atoms with van der Waals surface area (Å²) in [7, 11) is 0. The average molecular weight is 361 g/mol. The van der Waals surface area contributed by atoms with Crippen LogP contribution in [-0.4, -0.2) is 47.2 Å². The van der Waals surface area contributed by atoms with Crippen LogP contribution in [0.5, 0.6) is 0 Å². The molecule has 0 radical (unpaired) electrons. The number of nitrogens with zero attached hydrogens (tertiary/aromatic N) is 2. The van der Waals surface area contributed by atoms with Crippen LogP contribution in [0.3, 0.4) is 0 Å². The summed E-state index contributed by atoms with van der Waals surface area (Å²) in [5.74, 6) is 0.0410. The molecule has 2 aromatic carbocycles. The van der Waals surface area contributed by atoms with Gasteiger partial charge in [-0.05, 0) is 13.0 Å². The Morgan fingerprint density at radius 1 is 1.07 bits per heavy atom. The number of amides is 1. The molecular formula is C22H25N4O+. The summed E-state index contributed by atoms with van der Waals surface area (Å²) in [5, 5.41) is 7.21. The second-order valence-corrected chi connectivity index (χ2v) is 7.24. The van der Waals surface area contributed by atoms with Crippen LogP contribution < -0.4 is 4.90 Å². The number of quaternary nitrogens is 1. The van der Waals surface area contributed by atoms with E-state index in [1.807, 2.05) is 41.3 Å². The molecule has 1 aromatic heterocycles. The number of nitrogens with one attached hydrogen (secondary N) is 2. The smallest absolute Gasteiger partial charge is 0.272 e. The molecule has 2 N–H and O–H groups in total. The molecule has 1 aliphatic rings. The number of hydrogen-bond donors (Lipinski definition) is 2. The van der Waals surface area contributed by atoms with E-state index in [1.54, 1.807) is 0 Å². The van der Waals surface area contributed by atoms with Crippen LogP contribution in [-0.2, 0) is 6.54 Å². The Bertz CT molecular complexity index is 911. The summed E-state index contributed by atoms with van der Waals surface area (Å²) in [6, 6.07) is 20.5. The Hall–Kier alpha value is -2.92. The molecule has 0 atom stereocenters. The van der Waals surface area contributed by atoms with Gasteiger partial charge in [0.05, 0.1) is 31.9 Å². The van der Waals surface area contributed by atoms with Crippen molar-refractivity contribution in [3.05, 3.63) is 77.5 Å². The van der Waals surface area contributed by atoms with Gasteiger partial charge < -0.3 is 9.80 Å². The number of aromatic amines is 1. The van der Waals surface area contributed by atoms with Gasteiger partial charge in [-0.3, -0.25) is 9.89 Å². The normalized spacial score (nSPS) is 15.1. The molecule has 1 saturated heterocycles. The van der Waals surface area contributed by atoms with Gasteiger partial charge >= 0.3 is 0 Å². The van der Waals surface area contributed by atoms with Crippen LogP contribution in [0, 0.1) is 6.92 Å². The zero-order valence-electron chi connectivity index (χ0n) is 15.6. The highest BCUT2D eigenvalue weighted by atomic mass is 16.2. The van der Waals surface area contributed by atoms with E-state index in [1.165, 1.54) is 16.0 Å². The molecule has 2 heterocycles. The highest BCUT2D eigenvalue weighted by Gasteiger charge is 2.25. The van der Waals surface area contributed by atoms with E-state index >= 15 is 0 Å². The number of aryl methyl sites for hydroxylation is 1. The van der Waals surface area contributed by atoms with Crippen molar-refractivity contribution in [2.75, 3.05) is 26.2 Å². The molecule has 5 heteroatoms. The third-order valence-corrected chi connectivity index (χ3v) is 5.17. The van der Waals surface area contributed by atoms with Gasteiger partial charge in [0.2, 0.25) is 0 Å². The Labute approximate surface area is 159 Å². The first-order valence-electron chi connectivity index (χ1n) is 9.48. The van der Waals surface area contributed by atoms with E-state index in [9.17, 15) is 4.79 Å². The number of carbonyl (C=O) groups is 1. The van der Waals surface area contributed by atoms with Gasteiger partial charge in [0.1, 0.15) is 12.2 Å². The molecule has 27 heavy (non-hydrogen) atoms. The van der Waals surface area contributed by atoms with E-state index in [0.29, 0.717) is 5.69 Å². The van der Waals surface area contributed by atoms with Gasteiger partial charge in [-0.25, -0.2) is 0 Å². The zero-order valence-corrected chi connectivity index (χ0v) is 15.6. The first-order chi connectivity index (χ1) is 13.2. The molecule has 3 aromatic rings. The van der Waals surface area contributed by atoms with Crippen LogP contribution in [0.4, 0.5) is 0 Å². The molecule has 0 spiro atoms. The Balaban J connectivity index is 1.35. The Morgan fingerprint density at radius 2 is 1.85 bits per heavy atom. The minimum Gasteiger partial charge on any atom is -0.328 e. The SMILES string of the molecule is Cc1cccc(C[NH+]2CCN(C(=O)c3cc(-c4ccccc4)n[nH]3)CC2)c1. The number of carbonyl (C=O) groups excluding carboxylic acids is 1. The minimum absolute atomic E-state index is 0.0410. The van der Waals surface area contributed by atoms with Crippen molar-refractivity contribution in [2.24, 2.45) is 0 Å². The van der Waals surface area contributed by atoms with Gasteiger partial charge in [-0.2, -0.15) is 5.10 Å². The van der Waals surface area contributed by atoms with Gasteiger partial charge in [0.15, 0.2) is 0 Å². The fourth-order valence-corrected chi connectivity index (χ4v) is 3.67. The molecule has 1 fully saturated rings. The number of benzene rings is 2. The summed E-state index contributed by atoms with van der Waals surface area (Å²) in [5.41, 5.74) is 5.05. The van der Waals surface area contributed by atoms with Crippen LogP contribution in [0.15, 0.2) is 60.7 Å². The number of piperazine rings is 1. The van der Waals surface area contributed by atoms with E-state index < -0.39 is 0 Å². The van der Waals surface area contributed by atoms with Gasteiger partial charge in [0, 0.05) is 11.1 Å². The van der Waals surface area contributed by atoms with Crippen molar-refractivity contribution >= 4 is 5.91 Å². The van der Waals surface area contributed by atoms with Crippen molar-refractivity contribution in [2.45, 2.75) is 13.5 Å². The summed E-state index contributed by atoms with van der Waals surface area (Å²) in [4.78, 5) is 16.3. The Morgan fingerprint density at radius 3 is 2.59 bits per heavy atom. The van der Waals surface area contributed by atoms with Crippen molar-refractivity contribution in [1.29, 1.82) is 0 Å². The first kappa shape index (κ1) is 17.5. The van der Waals surface area contributed by atoms with Crippen LogP contribution in [0.2, 0.25) is 0 Å². The summed E-state index contributed by atoms with van der Waals surface area (Å²) < 4.78 is 0. The lowest BCUT2D eigenvalue weighted by atomic mass is 10.1. The third-order valence-electron chi connectivity index (χ3n) is 5.17. The lowest BCUT2D eigenvalue weighted by molar-refractivity contribution is -0.917. The fourth-order valence-electron chi connectivity index (χ4n) is 3.67. The molecule has 0 saturated carbocycles. The lowest BCUT2D eigenvalue weighted by Crippen LogP contribution is -3.13. The van der Waals surface area contributed by atoms with Crippen molar-refractivity contribution in [3.8, 4) is 11.3 Å². The largest absolute Gasteiger partial charge is 0.328 e. The topological polar surface area (TPSA) is 53.4 Å². The molecule has 1 aliphatic heterocycles. The average Bonchev–Trinajstić information content (AvgIpc) is 3.19. The minimum atomic E-state index is 0.0410. The van der Waals surface area contributed by atoms with Crippen LogP contribution >= 0.6 is 0 Å². The van der Waals surface area contributed by atoms with Gasteiger partial charge in [0.25, 0.3) is 5.91 Å². The predicted molar refractivity (Wildman–Crippen MR) is 106 cm³/mol. The number of H-pyrrole nitrogens is 1. The third kappa shape index (κ3) is 4.09. The molecule has 0 aliphatic carbocycles. The number of aromatic nitrogens is 2. The number of hydrogen-bond acceptors (Lipinski definition) is 2. The number of rotatable bonds is 4. The second-order valence-electron chi connectivity index (χ2n) is 7.24. The fraction of sp³-hybridized carbons (Fsp3) is 0.273. The quantitative estimate of drug-likeness (QED) is 0.746. The molecule has 0 bridgehead atoms. The van der Waals surface area contributed by atoms with Crippen molar-refractivity contribution in [1.82, 2.24) is 15.1 Å². The molecule has 1 amide bonds. The maximum absolute atomic E-state index is 12.8. The summed E-state index contributed by atoms with van der Waals surface area (Å²) in [6.45, 7) is 6.65. The monoisotopic (exact) mass is 361 g/mol. The molecule has 5 nitrogen and oxygen atoms in total. The van der Waals surface area contributed by atoms with Crippen molar-refractivity contribution < 1.29 is 9.69 Å². The molecule has 0 unspecified atom stereocenters. The Kier molecular flexibility index (Phi) is 5.03. The van der Waals surface area contributed by atoms with Gasteiger partial charge in [-0.15, -0.1) is 0 Å². The molecular weight excluding hydrogens is 336 g/mol. The van der Waals surface area contributed by atoms with E-state index in [2.05, 4.69) is 41.4 Å². The molecule has 4 rings (SSSR count). The highest BCUT2D eigenvalue weighted by Crippen LogP contribution is 2.17. The molecule has 138 valence electrons. The van der Waals surface area contributed by atoms with E-state index in [0.717, 1.165) is 44.0 Å². The van der Waals surface area contributed by atoms with Crippen LogP contribution in [0.25, 0.3) is 11.3 Å². The predicted octanol–water partition coefficient (Wildman–Crippen LogP) is 1.93.